The van der Waals surface area contributed by atoms with Gasteiger partial charge in [0, 0.05) is 6.20 Å². The van der Waals surface area contributed by atoms with Crippen LogP contribution in [0.4, 0.5) is 0 Å². The molecular weight excluding hydrogens is 216 g/mol. The maximum absolute atomic E-state index is 5.13. The molecule has 1 atom stereocenters. The van der Waals surface area contributed by atoms with Crippen molar-refractivity contribution < 1.29 is 4.74 Å². The number of benzene rings is 1. The van der Waals surface area contributed by atoms with Crippen molar-refractivity contribution in [3.63, 3.8) is 0 Å². The topological polar surface area (TPSA) is 58.0 Å². The highest BCUT2D eigenvalue weighted by molar-refractivity contribution is 5.76. The number of dihydropyridines is 1. The fraction of sp³-hybridized carbons (Fsp3) is 0.167. The number of nitrogens with zero attached hydrogens (tertiary/aromatic N) is 2. The molecule has 0 radical (unpaired) electrons. The van der Waals surface area contributed by atoms with Crippen molar-refractivity contribution in [2.24, 2.45) is 10.3 Å². The standard InChI is InChI=1S/C12H12N4O/c1-17-10-4-2-8(3-5-10)9-6-11-12(13-7-9)15-16-14-11/h2-7,12-13H,1H3,(H,14,15). The van der Waals surface area contributed by atoms with Crippen LogP contribution in [0.15, 0.2) is 52.6 Å². The molecule has 2 heterocycles. The number of nitrogens with one attached hydrogen (secondary N) is 2. The number of hydrogen-bond donors (Lipinski definition) is 2. The molecule has 3 rings (SSSR count). The highest BCUT2D eigenvalue weighted by Gasteiger charge is 2.21. The van der Waals surface area contributed by atoms with Gasteiger partial charge in [0.2, 0.25) is 0 Å². The summed E-state index contributed by atoms with van der Waals surface area (Å²) in [6.07, 6.45) is 3.99. The normalized spacial score (nSPS) is 20.9. The Bertz CT molecular complexity index is 516. The number of fused-ring (bicyclic) bond motifs is 1. The summed E-state index contributed by atoms with van der Waals surface area (Å²) < 4.78 is 5.13. The molecule has 17 heavy (non-hydrogen) atoms. The molecule has 0 saturated heterocycles. The first-order valence-electron chi connectivity index (χ1n) is 5.35. The third-order valence-electron chi connectivity index (χ3n) is 2.78. The minimum atomic E-state index is 0.0111. The summed E-state index contributed by atoms with van der Waals surface area (Å²) in [7, 11) is 1.66. The summed E-state index contributed by atoms with van der Waals surface area (Å²) >= 11 is 0. The smallest absolute Gasteiger partial charge is 0.159 e. The lowest BCUT2D eigenvalue weighted by atomic mass is 10.0. The summed E-state index contributed by atoms with van der Waals surface area (Å²) in [5.74, 6) is 0.853. The zero-order valence-corrected chi connectivity index (χ0v) is 9.34. The van der Waals surface area contributed by atoms with Crippen molar-refractivity contribution in [1.82, 2.24) is 10.7 Å². The molecule has 86 valence electrons. The van der Waals surface area contributed by atoms with E-state index in [2.05, 4.69) is 21.1 Å². The van der Waals surface area contributed by atoms with E-state index in [1.807, 2.05) is 36.5 Å². The van der Waals surface area contributed by atoms with Gasteiger partial charge in [-0.2, -0.15) is 0 Å². The fourth-order valence-electron chi connectivity index (χ4n) is 1.83. The fourth-order valence-corrected chi connectivity index (χ4v) is 1.83. The molecule has 0 amide bonds. The summed E-state index contributed by atoms with van der Waals surface area (Å²) in [6.45, 7) is 0. The molecular formula is C12H12N4O. The number of rotatable bonds is 2. The molecule has 1 unspecified atom stereocenters. The van der Waals surface area contributed by atoms with E-state index in [-0.39, 0.29) is 6.17 Å². The Labute approximate surface area is 98.9 Å². The molecule has 2 N–H and O–H groups in total. The number of allylic oxidation sites excluding steroid dienone is 2. The van der Waals surface area contributed by atoms with Crippen LogP contribution >= 0.6 is 0 Å². The number of hydrogen-bond acceptors (Lipinski definition) is 5. The summed E-state index contributed by atoms with van der Waals surface area (Å²) in [6, 6.07) is 7.91. The van der Waals surface area contributed by atoms with Crippen LogP contribution in [0.3, 0.4) is 0 Å². The molecule has 0 fully saturated rings. The zero-order chi connectivity index (χ0) is 11.7. The van der Waals surface area contributed by atoms with Gasteiger partial charge in [0.15, 0.2) is 6.17 Å². The molecule has 0 spiro atoms. The zero-order valence-electron chi connectivity index (χ0n) is 9.34. The maximum Gasteiger partial charge on any atom is 0.159 e. The maximum atomic E-state index is 5.13. The Balaban J connectivity index is 1.89. The molecule has 0 aliphatic carbocycles. The Hall–Kier alpha value is -2.30. The lowest BCUT2D eigenvalue weighted by molar-refractivity contribution is 0.415. The van der Waals surface area contributed by atoms with Gasteiger partial charge in [-0.1, -0.05) is 17.4 Å². The van der Waals surface area contributed by atoms with Gasteiger partial charge in [0.25, 0.3) is 0 Å². The Morgan fingerprint density at radius 3 is 2.82 bits per heavy atom. The van der Waals surface area contributed by atoms with E-state index in [1.54, 1.807) is 7.11 Å². The second-order valence-corrected chi connectivity index (χ2v) is 3.83. The number of ether oxygens (including phenoxy) is 1. The van der Waals surface area contributed by atoms with E-state index in [0.717, 1.165) is 22.6 Å². The Morgan fingerprint density at radius 1 is 1.24 bits per heavy atom. The van der Waals surface area contributed by atoms with E-state index < -0.39 is 0 Å². The van der Waals surface area contributed by atoms with Crippen molar-refractivity contribution in [3.8, 4) is 5.75 Å². The quantitative estimate of drug-likeness (QED) is 0.811. The van der Waals surface area contributed by atoms with E-state index in [4.69, 9.17) is 4.74 Å². The Kier molecular flexibility index (Phi) is 2.29. The van der Waals surface area contributed by atoms with Crippen LogP contribution in [0, 0.1) is 0 Å². The van der Waals surface area contributed by atoms with Crippen LogP contribution in [0.25, 0.3) is 5.57 Å². The molecule has 0 bridgehead atoms. The SMILES string of the molecule is COc1ccc(C2=CNC3NN=NC3=C2)cc1. The van der Waals surface area contributed by atoms with Gasteiger partial charge >= 0.3 is 0 Å². The van der Waals surface area contributed by atoms with Gasteiger partial charge in [-0.05, 0) is 29.3 Å². The Morgan fingerprint density at radius 2 is 2.06 bits per heavy atom. The summed E-state index contributed by atoms with van der Waals surface area (Å²) in [5, 5.41) is 11.0. The lowest BCUT2D eigenvalue weighted by Crippen LogP contribution is -2.35. The predicted molar refractivity (Wildman–Crippen MR) is 64.0 cm³/mol. The predicted octanol–water partition coefficient (Wildman–Crippen LogP) is 1.82. The third kappa shape index (κ3) is 1.75. The molecule has 5 heteroatoms. The van der Waals surface area contributed by atoms with E-state index in [0.29, 0.717) is 0 Å². The van der Waals surface area contributed by atoms with E-state index >= 15 is 0 Å². The molecule has 1 aromatic rings. The number of methoxy groups -OCH3 is 1. The minimum absolute atomic E-state index is 0.0111. The lowest BCUT2D eigenvalue weighted by Gasteiger charge is -2.17. The van der Waals surface area contributed by atoms with Crippen LogP contribution in [-0.4, -0.2) is 13.3 Å². The molecule has 5 nitrogen and oxygen atoms in total. The van der Waals surface area contributed by atoms with Crippen molar-refractivity contribution in [2.75, 3.05) is 7.11 Å². The first-order valence-corrected chi connectivity index (χ1v) is 5.35. The second-order valence-electron chi connectivity index (χ2n) is 3.83. The molecule has 2 aliphatic rings. The van der Waals surface area contributed by atoms with Gasteiger partial charge in [-0.15, -0.1) is 5.11 Å². The largest absolute Gasteiger partial charge is 0.497 e. The molecule has 2 aliphatic heterocycles. The summed E-state index contributed by atoms with van der Waals surface area (Å²) in [5.41, 5.74) is 5.97. The second kappa shape index (κ2) is 3.93. The third-order valence-corrected chi connectivity index (χ3v) is 2.78. The van der Waals surface area contributed by atoms with E-state index in [1.165, 1.54) is 0 Å². The van der Waals surface area contributed by atoms with Gasteiger partial charge in [-0.3, -0.25) is 5.43 Å². The average Bonchev–Trinajstić information content (AvgIpc) is 2.86. The van der Waals surface area contributed by atoms with Crippen molar-refractivity contribution >= 4 is 5.57 Å². The van der Waals surface area contributed by atoms with Gasteiger partial charge in [0.05, 0.1) is 7.11 Å². The van der Waals surface area contributed by atoms with Gasteiger partial charge < -0.3 is 10.1 Å². The highest BCUT2D eigenvalue weighted by atomic mass is 16.5. The van der Waals surface area contributed by atoms with E-state index in [9.17, 15) is 0 Å². The molecule has 1 aromatic carbocycles. The van der Waals surface area contributed by atoms with Gasteiger partial charge in [0.1, 0.15) is 11.4 Å². The van der Waals surface area contributed by atoms with Crippen LogP contribution in [0.1, 0.15) is 5.56 Å². The van der Waals surface area contributed by atoms with Crippen molar-refractivity contribution in [3.05, 3.63) is 47.8 Å². The van der Waals surface area contributed by atoms with Crippen LogP contribution in [-0.2, 0) is 0 Å². The monoisotopic (exact) mass is 228 g/mol. The average molecular weight is 228 g/mol. The van der Waals surface area contributed by atoms with Crippen molar-refractivity contribution in [2.45, 2.75) is 6.17 Å². The molecule has 0 saturated carbocycles. The van der Waals surface area contributed by atoms with Crippen LogP contribution in [0.5, 0.6) is 5.75 Å². The first kappa shape index (κ1) is 9.89. The highest BCUT2D eigenvalue weighted by Crippen LogP contribution is 2.25. The molecule has 0 aromatic heterocycles. The first-order chi connectivity index (χ1) is 8.36. The van der Waals surface area contributed by atoms with Gasteiger partial charge in [-0.25, -0.2) is 0 Å². The van der Waals surface area contributed by atoms with Crippen LogP contribution in [0.2, 0.25) is 0 Å². The summed E-state index contributed by atoms with van der Waals surface area (Å²) in [4.78, 5) is 0. The van der Waals surface area contributed by atoms with Crippen LogP contribution < -0.4 is 15.5 Å². The minimum Gasteiger partial charge on any atom is -0.497 e. The van der Waals surface area contributed by atoms with Crippen molar-refractivity contribution in [1.29, 1.82) is 0 Å².